The number of rotatable bonds is 5. The lowest BCUT2D eigenvalue weighted by atomic mass is 9.98. The topological polar surface area (TPSA) is 15.3 Å². The molecule has 0 aromatic heterocycles. The van der Waals surface area contributed by atoms with E-state index in [9.17, 15) is 0 Å². The molecule has 2 nitrogen and oxygen atoms in total. The monoisotopic (exact) mass is 222 g/mol. The molecule has 0 aromatic rings. The van der Waals surface area contributed by atoms with Crippen LogP contribution >= 0.6 is 0 Å². The maximum absolute atomic E-state index is 3.80. The van der Waals surface area contributed by atoms with Gasteiger partial charge in [0.05, 0.1) is 0 Å². The highest BCUT2D eigenvalue weighted by atomic mass is 15.2. The molecule has 2 unspecified atom stereocenters. The molecule has 1 N–H and O–H groups in total. The van der Waals surface area contributed by atoms with E-state index in [0.717, 1.165) is 24.0 Å². The van der Waals surface area contributed by atoms with Crippen molar-refractivity contribution >= 4 is 0 Å². The van der Waals surface area contributed by atoms with Gasteiger partial charge in [-0.25, -0.2) is 0 Å². The third-order valence-corrected chi connectivity index (χ3v) is 5.02. The number of fused-ring (bicyclic) bond motifs is 2. The Morgan fingerprint density at radius 2 is 1.75 bits per heavy atom. The summed E-state index contributed by atoms with van der Waals surface area (Å²) >= 11 is 0. The zero-order valence-corrected chi connectivity index (χ0v) is 10.6. The largest absolute Gasteiger partial charge is 0.314 e. The first-order valence-electron chi connectivity index (χ1n) is 7.28. The van der Waals surface area contributed by atoms with E-state index in [4.69, 9.17) is 0 Å². The van der Waals surface area contributed by atoms with Crippen molar-refractivity contribution in [1.29, 1.82) is 0 Å². The lowest BCUT2D eigenvalue weighted by molar-refractivity contribution is 0.148. The summed E-state index contributed by atoms with van der Waals surface area (Å²) in [6.07, 6.45) is 11.6. The minimum atomic E-state index is 0.827. The van der Waals surface area contributed by atoms with Gasteiger partial charge < -0.3 is 10.2 Å². The molecule has 92 valence electrons. The molecule has 2 saturated heterocycles. The number of nitrogens with one attached hydrogen (secondary N) is 1. The second-order valence-corrected chi connectivity index (χ2v) is 6.26. The van der Waals surface area contributed by atoms with Gasteiger partial charge >= 0.3 is 0 Å². The van der Waals surface area contributed by atoms with Gasteiger partial charge in [-0.1, -0.05) is 12.8 Å². The van der Waals surface area contributed by atoms with Gasteiger partial charge in [0.25, 0.3) is 0 Å². The predicted octanol–water partition coefficient (Wildman–Crippen LogP) is 2.39. The summed E-state index contributed by atoms with van der Waals surface area (Å²) in [7, 11) is 2.33. The summed E-state index contributed by atoms with van der Waals surface area (Å²) in [6.45, 7) is 1.27. The summed E-state index contributed by atoms with van der Waals surface area (Å²) < 4.78 is 0. The second kappa shape index (κ2) is 4.66. The van der Waals surface area contributed by atoms with E-state index in [0.29, 0.717) is 0 Å². The maximum atomic E-state index is 3.80. The molecule has 0 amide bonds. The zero-order valence-electron chi connectivity index (χ0n) is 10.6. The minimum Gasteiger partial charge on any atom is -0.314 e. The average molecular weight is 222 g/mol. The highest BCUT2D eigenvalue weighted by Crippen LogP contribution is 2.35. The Morgan fingerprint density at radius 3 is 2.38 bits per heavy atom. The Kier molecular flexibility index (Phi) is 3.21. The number of nitrogens with zero attached hydrogens (tertiary/aromatic N) is 1. The van der Waals surface area contributed by atoms with Crippen molar-refractivity contribution in [3.8, 4) is 0 Å². The Morgan fingerprint density at radius 1 is 1.06 bits per heavy atom. The van der Waals surface area contributed by atoms with Crippen LogP contribution in [0.2, 0.25) is 0 Å². The summed E-state index contributed by atoms with van der Waals surface area (Å²) in [5.74, 6) is 1.11. The highest BCUT2D eigenvalue weighted by molar-refractivity contribution is 4.95. The SMILES string of the molecule is CN1C2CCC1CC(NCCCC1CC1)C2. The molecule has 2 bridgehead atoms. The van der Waals surface area contributed by atoms with Crippen molar-refractivity contribution < 1.29 is 0 Å². The van der Waals surface area contributed by atoms with Gasteiger partial charge in [0.2, 0.25) is 0 Å². The fourth-order valence-corrected chi connectivity index (χ4v) is 3.68. The molecule has 0 aromatic carbocycles. The van der Waals surface area contributed by atoms with E-state index < -0.39 is 0 Å². The molecule has 3 fully saturated rings. The zero-order chi connectivity index (χ0) is 11.0. The second-order valence-electron chi connectivity index (χ2n) is 6.26. The molecule has 1 aliphatic carbocycles. The lowest BCUT2D eigenvalue weighted by Crippen LogP contribution is -2.47. The van der Waals surface area contributed by atoms with Crippen LogP contribution in [0.15, 0.2) is 0 Å². The van der Waals surface area contributed by atoms with E-state index in [2.05, 4.69) is 17.3 Å². The van der Waals surface area contributed by atoms with Gasteiger partial charge in [0.15, 0.2) is 0 Å². The fraction of sp³-hybridized carbons (Fsp3) is 1.00. The van der Waals surface area contributed by atoms with Gasteiger partial charge in [0, 0.05) is 18.1 Å². The normalized spacial score (nSPS) is 39.2. The number of hydrogen-bond donors (Lipinski definition) is 1. The van der Waals surface area contributed by atoms with Crippen LogP contribution < -0.4 is 5.32 Å². The maximum Gasteiger partial charge on any atom is 0.0111 e. The van der Waals surface area contributed by atoms with Crippen molar-refractivity contribution in [3.63, 3.8) is 0 Å². The van der Waals surface area contributed by atoms with Crippen molar-refractivity contribution in [2.45, 2.75) is 69.5 Å². The Hall–Kier alpha value is -0.0800. The Bertz CT molecular complexity index is 223. The van der Waals surface area contributed by atoms with Crippen LogP contribution in [0.4, 0.5) is 0 Å². The van der Waals surface area contributed by atoms with E-state index >= 15 is 0 Å². The molecular formula is C14H26N2. The Labute approximate surface area is 99.8 Å². The smallest absolute Gasteiger partial charge is 0.0111 e. The van der Waals surface area contributed by atoms with Gasteiger partial charge in [0.1, 0.15) is 0 Å². The molecule has 1 saturated carbocycles. The summed E-state index contributed by atoms with van der Waals surface area (Å²) in [5, 5.41) is 3.80. The van der Waals surface area contributed by atoms with Crippen LogP contribution in [-0.4, -0.2) is 36.6 Å². The molecule has 2 atom stereocenters. The van der Waals surface area contributed by atoms with E-state index in [1.807, 2.05) is 0 Å². The van der Waals surface area contributed by atoms with Crippen LogP contribution in [0.3, 0.4) is 0 Å². The minimum absolute atomic E-state index is 0.827. The molecule has 0 spiro atoms. The Balaban J connectivity index is 1.36. The van der Waals surface area contributed by atoms with Gasteiger partial charge in [-0.05, 0) is 58.0 Å². The van der Waals surface area contributed by atoms with Gasteiger partial charge in [-0.3, -0.25) is 0 Å². The van der Waals surface area contributed by atoms with E-state index in [1.165, 1.54) is 57.9 Å². The van der Waals surface area contributed by atoms with E-state index in [-0.39, 0.29) is 0 Å². The summed E-state index contributed by atoms with van der Waals surface area (Å²) in [6, 6.07) is 2.60. The summed E-state index contributed by atoms with van der Waals surface area (Å²) in [5.41, 5.74) is 0. The van der Waals surface area contributed by atoms with Crippen LogP contribution in [0.1, 0.15) is 51.4 Å². The van der Waals surface area contributed by atoms with Crippen molar-refractivity contribution in [3.05, 3.63) is 0 Å². The third kappa shape index (κ3) is 2.43. The van der Waals surface area contributed by atoms with Crippen LogP contribution in [-0.2, 0) is 0 Å². The van der Waals surface area contributed by atoms with Crippen LogP contribution in [0, 0.1) is 5.92 Å². The molecule has 2 heterocycles. The standard InChI is InChI=1S/C14H26N2/c1-16-13-6-7-14(16)10-12(9-13)15-8-2-3-11-4-5-11/h11-15H,2-10H2,1H3. The van der Waals surface area contributed by atoms with Crippen molar-refractivity contribution in [2.24, 2.45) is 5.92 Å². The molecule has 2 aliphatic heterocycles. The highest BCUT2D eigenvalue weighted by Gasteiger charge is 2.37. The molecule has 16 heavy (non-hydrogen) atoms. The number of piperidine rings is 1. The summed E-state index contributed by atoms with van der Waals surface area (Å²) in [4.78, 5) is 2.63. The third-order valence-electron chi connectivity index (χ3n) is 5.02. The molecule has 3 rings (SSSR count). The first-order valence-corrected chi connectivity index (χ1v) is 7.28. The van der Waals surface area contributed by atoms with Crippen molar-refractivity contribution in [2.75, 3.05) is 13.6 Å². The average Bonchev–Trinajstić information content (AvgIpc) is 3.07. The van der Waals surface area contributed by atoms with Gasteiger partial charge in [-0.15, -0.1) is 0 Å². The van der Waals surface area contributed by atoms with Gasteiger partial charge in [-0.2, -0.15) is 0 Å². The molecule has 2 heteroatoms. The van der Waals surface area contributed by atoms with E-state index in [1.54, 1.807) is 0 Å². The number of hydrogen-bond acceptors (Lipinski definition) is 2. The molecular weight excluding hydrogens is 196 g/mol. The van der Waals surface area contributed by atoms with Crippen LogP contribution in [0.25, 0.3) is 0 Å². The quantitative estimate of drug-likeness (QED) is 0.719. The fourth-order valence-electron chi connectivity index (χ4n) is 3.68. The first-order chi connectivity index (χ1) is 7.83. The molecule has 0 radical (unpaired) electrons. The van der Waals surface area contributed by atoms with Crippen molar-refractivity contribution in [1.82, 2.24) is 10.2 Å². The first kappa shape index (κ1) is 11.0. The molecule has 3 aliphatic rings. The predicted molar refractivity (Wildman–Crippen MR) is 67.6 cm³/mol. The lowest BCUT2D eigenvalue weighted by Gasteiger charge is -2.36. The van der Waals surface area contributed by atoms with Crippen LogP contribution in [0.5, 0.6) is 0 Å².